The summed E-state index contributed by atoms with van der Waals surface area (Å²) in [4.78, 5) is 12.0. The summed E-state index contributed by atoms with van der Waals surface area (Å²) in [7, 11) is 0. The van der Waals surface area contributed by atoms with Crippen molar-refractivity contribution in [1.29, 1.82) is 0 Å². The highest BCUT2D eigenvalue weighted by Gasteiger charge is 2.09. The van der Waals surface area contributed by atoms with Gasteiger partial charge in [-0.3, -0.25) is 4.79 Å². The molecule has 6 nitrogen and oxygen atoms in total. The van der Waals surface area contributed by atoms with E-state index in [9.17, 15) is 4.79 Å². The molecule has 0 spiro atoms. The van der Waals surface area contributed by atoms with Gasteiger partial charge in [0, 0.05) is 24.4 Å². The standard InChI is InChI=1S/C17H21BrClN3O3/c1-12(2)24-9-3-7-20-17(23)15-6-8-22(21-15)11-25-16-5-4-13(19)10-14(16)18/h4-6,8,10,12H,3,7,9,11H2,1-2H3,(H,20,23). The van der Waals surface area contributed by atoms with Crippen LogP contribution in [-0.2, 0) is 11.5 Å². The van der Waals surface area contributed by atoms with Crippen molar-refractivity contribution in [1.82, 2.24) is 15.1 Å². The summed E-state index contributed by atoms with van der Waals surface area (Å²) < 4.78 is 13.4. The summed E-state index contributed by atoms with van der Waals surface area (Å²) in [5.74, 6) is 0.437. The maximum atomic E-state index is 12.0. The molecular formula is C17H21BrClN3O3. The van der Waals surface area contributed by atoms with Crippen molar-refractivity contribution >= 4 is 33.4 Å². The molecule has 2 rings (SSSR count). The Morgan fingerprint density at radius 3 is 2.92 bits per heavy atom. The van der Waals surface area contributed by atoms with Crippen LogP contribution in [0.15, 0.2) is 34.9 Å². The molecule has 8 heteroatoms. The molecule has 136 valence electrons. The van der Waals surface area contributed by atoms with Gasteiger partial charge in [-0.05, 0) is 60.5 Å². The van der Waals surface area contributed by atoms with Gasteiger partial charge in [-0.2, -0.15) is 5.10 Å². The van der Waals surface area contributed by atoms with Crippen molar-refractivity contribution in [2.24, 2.45) is 0 Å². The van der Waals surface area contributed by atoms with E-state index >= 15 is 0 Å². The number of ether oxygens (including phenoxy) is 2. The molecule has 0 aliphatic carbocycles. The summed E-state index contributed by atoms with van der Waals surface area (Å²) in [6.45, 7) is 5.32. The Morgan fingerprint density at radius 2 is 2.20 bits per heavy atom. The molecule has 1 amide bonds. The molecule has 0 aliphatic rings. The van der Waals surface area contributed by atoms with Gasteiger partial charge in [0.05, 0.1) is 10.6 Å². The molecule has 0 saturated carbocycles. The average Bonchev–Trinajstić information content (AvgIpc) is 3.02. The quantitative estimate of drug-likeness (QED) is 0.613. The van der Waals surface area contributed by atoms with E-state index in [0.29, 0.717) is 29.6 Å². The second-order valence-electron chi connectivity index (χ2n) is 5.62. The van der Waals surface area contributed by atoms with Crippen LogP contribution in [-0.4, -0.2) is 34.9 Å². The van der Waals surface area contributed by atoms with E-state index in [-0.39, 0.29) is 18.7 Å². The summed E-state index contributed by atoms with van der Waals surface area (Å²) >= 11 is 9.28. The number of rotatable bonds is 9. The fourth-order valence-electron chi connectivity index (χ4n) is 1.97. The van der Waals surface area contributed by atoms with Crippen LogP contribution in [0.2, 0.25) is 5.02 Å². The predicted molar refractivity (Wildman–Crippen MR) is 100 cm³/mol. The summed E-state index contributed by atoms with van der Waals surface area (Å²) in [5, 5.41) is 7.65. The number of halogens is 2. The second-order valence-corrected chi connectivity index (χ2v) is 6.91. The normalized spacial score (nSPS) is 10.9. The Morgan fingerprint density at radius 1 is 1.40 bits per heavy atom. The number of nitrogens with one attached hydrogen (secondary N) is 1. The number of aromatic nitrogens is 2. The molecule has 0 fully saturated rings. The van der Waals surface area contributed by atoms with Crippen LogP contribution in [0.4, 0.5) is 0 Å². The fourth-order valence-corrected chi connectivity index (χ4v) is 2.76. The third-order valence-electron chi connectivity index (χ3n) is 3.18. The minimum atomic E-state index is -0.212. The Kier molecular flexibility index (Phi) is 7.74. The lowest BCUT2D eigenvalue weighted by molar-refractivity contribution is 0.0756. The first-order chi connectivity index (χ1) is 12.0. The third-order valence-corrected chi connectivity index (χ3v) is 4.03. The number of amides is 1. The molecule has 0 saturated heterocycles. The van der Waals surface area contributed by atoms with Gasteiger partial charge >= 0.3 is 0 Å². The smallest absolute Gasteiger partial charge is 0.271 e. The van der Waals surface area contributed by atoms with E-state index in [4.69, 9.17) is 21.1 Å². The predicted octanol–water partition coefficient (Wildman–Crippen LogP) is 3.88. The lowest BCUT2D eigenvalue weighted by Crippen LogP contribution is -2.26. The van der Waals surface area contributed by atoms with Crippen LogP contribution in [0, 0.1) is 0 Å². The topological polar surface area (TPSA) is 65.4 Å². The number of hydrogen-bond acceptors (Lipinski definition) is 4. The molecule has 0 unspecified atom stereocenters. The van der Waals surface area contributed by atoms with Gasteiger partial charge in [0.25, 0.3) is 5.91 Å². The van der Waals surface area contributed by atoms with Crippen molar-refractivity contribution < 1.29 is 14.3 Å². The number of benzene rings is 1. The molecule has 1 heterocycles. The molecule has 1 N–H and O–H groups in total. The first-order valence-corrected chi connectivity index (χ1v) is 9.14. The molecule has 1 aromatic carbocycles. The zero-order chi connectivity index (χ0) is 18.2. The molecule has 2 aromatic rings. The lowest BCUT2D eigenvalue weighted by Gasteiger charge is -2.08. The fraction of sp³-hybridized carbons (Fsp3) is 0.412. The van der Waals surface area contributed by atoms with Crippen molar-refractivity contribution in [3.63, 3.8) is 0 Å². The highest BCUT2D eigenvalue weighted by Crippen LogP contribution is 2.28. The molecule has 0 bridgehead atoms. The van der Waals surface area contributed by atoms with E-state index in [0.717, 1.165) is 10.9 Å². The van der Waals surface area contributed by atoms with Gasteiger partial charge in [0.15, 0.2) is 6.73 Å². The van der Waals surface area contributed by atoms with Crippen molar-refractivity contribution in [2.45, 2.75) is 33.1 Å². The highest BCUT2D eigenvalue weighted by molar-refractivity contribution is 9.10. The van der Waals surface area contributed by atoms with Crippen LogP contribution in [0.25, 0.3) is 0 Å². The number of nitrogens with zero attached hydrogens (tertiary/aromatic N) is 2. The van der Waals surface area contributed by atoms with Crippen LogP contribution in [0.1, 0.15) is 30.8 Å². The van der Waals surface area contributed by atoms with Crippen LogP contribution in [0.5, 0.6) is 5.75 Å². The molecule has 0 atom stereocenters. The molecule has 25 heavy (non-hydrogen) atoms. The molecular weight excluding hydrogens is 410 g/mol. The van der Waals surface area contributed by atoms with Crippen LogP contribution < -0.4 is 10.1 Å². The minimum absolute atomic E-state index is 0.190. The van der Waals surface area contributed by atoms with Crippen molar-refractivity contribution in [3.05, 3.63) is 45.7 Å². The number of carbonyl (C=O) groups excluding carboxylic acids is 1. The monoisotopic (exact) mass is 429 g/mol. The van der Waals surface area contributed by atoms with E-state index in [1.54, 1.807) is 35.1 Å². The van der Waals surface area contributed by atoms with Gasteiger partial charge in [-0.1, -0.05) is 11.6 Å². The van der Waals surface area contributed by atoms with E-state index in [1.165, 1.54) is 0 Å². The molecule has 0 radical (unpaired) electrons. The van der Waals surface area contributed by atoms with Crippen molar-refractivity contribution in [2.75, 3.05) is 13.2 Å². The van der Waals surface area contributed by atoms with Gasteiger partial charge in [0.1, 0.15) is 11.4 Å². The minimum Gasteiger partial charge on any atom is -0.470 e. The molecule has 0 aliphatic heterocycles. The van der Waals surface area contributed by atoms with Crippen LogP contribution >= 0.6 is 27.5 Å². The van der Waals surface area contributed by atoms with E-state index in [2.05, 4.69) is 26.3 Å². The van der Waals surface area contributed by atoms with Gasteiger partial charge in [-0.15, -0.1) is 0 Å². The summed E-state index contributed by atoms with van der Waals surface area (Å²) in [5.41, 5.74) is 0.351. The van der Waals surface area contributed by atoms with Gasteiger partial charge in [0.2, 0.25) is 0 Å². The highest BCUT2D eigenvalue weighted by atomic mass is 79.9. The first-order valence-electron chi connectivity index (χ1n) is 7.97. The first kappa shape index (κ1) is 19.8. The average molecular weight is 431 g/mol. The largest absolute Gasteiger partial charge is 0.470 e. The maximum absolute atomic E-state index is 12.0. The van der Waals surface area contributed by atoms with Crippen LogP contribution in [0.3, 0.4) is 0 Å². The lowest BCUT2D eigenvalue weighted by atomic mass is 10.3. The number of hydrogen-bond donors (Lipinski definition) is 1. The Balaban J connectivity index is 1.78. The summed E-state index contributed by atoms with van der Waals surface area (Å²) in [6.07, 6.45) is 2.66. The second kappa shape index (κ2) is 9.79. The van der Waals surface area contributed by atoms with Gasteiger partial charge in [-0.25, -0.2) is 4.68 Å². The maximum Gasteiger partial charge on any atom is 0.271 e. The molecule has 1 aromatic heterocycles. The zero-order valence-corrected chi connectivity index (χ0v) is 16.5. The Labute approximate surface area is 160 Å². The van der Waals surface area contributed by atoms with Crippen molar-refractivity contribution in [3.8, 4) is 5.75 Å². The zero-order valence-electron chi connectivity index (χ0n) is 14.2. The Bertz CT molecular complexity index is 706. The Hall–Kier alpha value is -1.57. The van der Waals surface area contributed by atoms with E-state index in [1.807, 2.05) is 13.8 Å². The third kappa shape index (κ3) is 6.68. The van der Waals surface area contributed by atoms with Gasteiger partial charge < -0.3 is 14.8 Å². The SMILES string of the molecule is CC(C)OCCCNC(=O)c1ccn(COc2ccc(Cl)cc2Br)n1. The number of carbonyl (C=O) groups is 1. The summed E-state index contributed by atoms with van der Waals surface area (Å²) in [6, 6.07) is 6.91. The van der Waals surface area contributed by atoms with E-state index < -0.39 is 0 Å².